The summed E-state index contributed by atoms with van der Waals surface area (Å²) in [7, 11) is 0. The lowest BCUT2D eigenvalue weighted by atomic mass is 9.96. The number of hydrogen-bond donors (Lipinski definition) is 0. The van der Waals surface area contributed by atoms with Crippen molar-refractivity contribution < 1.29 is 27.4 Å². The molecular weight excluding hydrogens is 251 g/mol. The average molecular weight is 267 g/mol. The van der Waals surface area contributed by atoms with Crippen LogP contribution < -0.4 is 0 Å². The fraction of sp³-hybridized carbons (Fsp3) is 0.909. The van der Waals surface area contributed by atoms with E-state index in [0.717, 1.165) is 0 Å². The standard InChI is InChI=1S/C11H16F3NO3/c12-11(13,14)7-18-9-5-15(6-9)10(16)8-1-3-17-4-2-8/h8-9H,1-7H2. The first-order valence-electron chi connectivity index (χ1n) is 6.00. The van der Waals surface area contributed by atoms with Crippen LogP contribution in [0.4, 0.5) is 13.2 Å². The van der Waals surface area contributed by atoms with Crippen LogP contribution in [-0.2, 0) is 14.3 Å². The maximum atomic E-state index is 11.9. The van der Waals surface area contributed by atoms with Crippen molar-refractivity contribution in [2.24, 2.45) is 5.92 Å². The van der Waals surface area contributed by atoms with E-state index in [1.165, 1.54) is 0 Å². The molecule has 2 fully saturated rings. The van der Waals surface area contributed by atoms with Gasteiger partial charge in [-0.2, -0.15) is 13.2 Å². The maximum absolute atomic E-state index is 11.9. The van der Waals surface area contributed by atoms with Crippen LogP contribution in [-0.4, -0.2) is 56.0 Å². The molecule has 0 spiro atoms. The minimum atomic E-state index is -4.30. The van der Waals surface area contributed by atoms with Gasteiger partial charge >= 0.3 is 6.18 Å². The third-order valence-corrected chi connectivity index (χ3v) is 3.21. The van der Waals surface area contributed by atoms with Gasteiger partial charge in [0.15, 0.2) is 0 Å². The van der Waals surface area contributed by atoms with Crippen molar-refractivity contribution in [2.45, 2.75) is 25.1 Å². The summed E-state index contributed by atoms with van der Waals surface area (Å²) in [6.07, 6.45) is -3.38. The average Bonchev–Trinajstić information content (AvgIpc) is 2.26. The topological polar surface area (TPSA) is 38.8 Å². The molecule has 2 aliphatic heterocycles. The minimum Gasteiger partial charge on any atom is -0.381 e. The highest BCUT2D eigenvalue weighted by Crippen LogP contribution is 2.23. The van der Waals surface area contributed by atoms with Crippen LogP contribution in [0.15, 0.2) is 0 Å². The fourth-order valence-corrected chi connectivity index (χ4v) is 2.14. The number of amides is 1. The molecule has 4 nitrogen and oxygen atoms in total. The molecule has 0 radical (unpaired) electrons. The molecule has 0 aromatic carbocycles. The number of nitrogens with zero attached hydrogens (tertiary/aromatic N) is 1. The highest BCUT2D eigenvalue weighted by atomic mass is 19.4. The second-order valence-corrected chi connectivity index (χ2v) is 4.68. The first kappa shape index (κ1) is 13.6. The molecular formula is C11H16F3NO3. The van der Waals surface area contributed by atoms with Crippen LogP contribution in [0.25, 0.3) is 0 Å². The number of carbonyl (C=O) groups excluding carboxylic acids is 1. The molecule has 2 aliphatic rings. The Morgan fingerprint density at radius 2 is 1.89 bits per heavy atom. The quantitative estimate of drug-likeness (QED) is 0.771. The van der Waals surface area contributed by atoms with Gasteiger partial charge in [-0.25, -0.2) is 0 Å². The van der Waals surface area contributed by atoms with Crippen molar-refractivity contribution >= 4 is 5.91 Å². The minimum absolute atomic E-state index is 0.0187. The number of alkyl halides is 3. The van der Waals surface area contributed by atoms with Gasteiger partial charge in [-0.05, 0) is 12.8 Å². The van der Waals surface area contributed by atoms with Gasteiger partial charge in [0, 0.05) is 32.2 Å². The van der Waals surface area contributed by atoms with Gasteiger partial charge in [0.1, 0.15) is 6.61 Å². The summed E-state index contributed by atoms with van der Waals surface area (Å²) in [5, 5.41) is 0. The molecule has 0 aromatic heterocycles. The van der Waals surface area contributed by atoms with E-state index in [-0.39, 0.29) is 24.9 Å². The van der Waals surface area contributed by atoms with Gasteiger partial charge in [-0.1, -0.05) is 0 Å². The van der Waals surface area contributed by atoms with E-state index in [1.807, 2.05) is 0 Å². The first-order valence-corrected chi connectivity index (χ1v) is 6.00. The SMILES string of the molecule is O=C(C1CCOCC1)N1CC(OCC(F)(F)F)C1. The summed E-state index contributed by atoms with van der Waals surface area (Å²) < 4.78 is 45.5. The summed E-state index contributed by atoms with van der Waals surface area (Å²) >= 11 is 0. The van der Waals surface area contributed by atoms with Gasteiger partial charge in [0.2, 0.25) is 5.91 Å². The predicted octanol–water partition coefficient (Wildman–Crippen LogP) is 1.20. The zero-order valence-corrected chi connectivity index (χ0v) is 9.91. The van der Waals surface area contributed by atoms with E-state index in [1.54, 1.807) is 4.90 Å². The third kappa shape index (κ3) is 3.58. The van der Waals surface area contributed by atoms with Crippen molar-refractivity contribution in [3.8, 4) is 0 Å². The number of rotatable bonds is 3. The Morgan fingerprint density at radius 3 is 2.44 bits per heavy atom. The van der Waals surface area contributed by atoms with E-state index in [9.17, 15) is 18.0 Å². The molecule has 0 bridgehead atoms. The summed E-state index contributed by atoms with van der Waals surface area (Å²) in [6.45, 7) is 0.464. The summed E-state index contributed by atoms with van der Waals surface area (Å²) in [4.78, 5) is 13.5. The molecule has 2 heterocycles. The van der Waals surface area contributed by atoms with Crippen molar-refractivity contribution in [3.05, 3.63) is 0 Å². The summed E-state index contributed by atoms with van der Waals surface area (Å²) in [5.41, 5.74) is 0. The number of halogens is 3. The Morgan fingerprint density at radius 1 is 1.28 bits per heavy atom. The lowest BCUT2D eigenvalue weighted by Crippen LogP contribution is -2.57. The second-order valence-electron chi connectivity index (χ2n) is 4.68. The molecule has 0 saturated carbocycles. The maximum Gasteiger partial charge on any atom is 0.411 e. The Bertz CT molecular complexity index is 296. The van der Waals surface area contributed by atoms with Gasteiger partial charge in [-0.15, -0.1) is 0 Å². The van der Waals surface area contributed by atoms with Crippen molar-refractivity contribution in [1.29, 1.82) is 0 Å². The van der Waals surface area contributed by atoms with E-state index in [2.05, 4.69) is 4.74 Å². The van der Waals surface area contributed by atoms with Gasteiger partial charge < -0.3 is 14.4 Å². The van der Waals surface area contributed by atoms with Crippen LogP contribution >= 0.6 is 0 Å². The van der Waals surface area contributed by atoms with Gasteiger partial charge in [0.05, 0.1) is 6.10 Å². The molecule has 7 heteroatoms. The Labute approximate surface area is 103 Å². The lowest BCUT2D eigenvalue weighted by Gasteiger charge is -2.41. The molecule has 0 atom stereocenters. The van der Waals surface area contributed by atoms with Crippen LogP contribution in [0.2, 0.25) is 0 Å². The molecule has 0 unspecified atom stereocenters. The van der Waals surface area contributed by atoms with Crippen LogP contribution in [0.5, 0.6) is 0 Å². The molecule has 0 aliphatic carbocycles. The molecule has 0 aromatic rings. The normalized spacial score (nSPS) is 22.9. The fourth-order valence-electron chi connectivity index (χ4n) is 2.14. The van der Waals surface area contributed by atoms with Gasteiger partial charge in [0.25, 0.3) is 0 Å². The van der Waals surface area contributed by atoms with Crippen molar-refractivity contribution in [1.82, 2.24) is 4.90 Å². The van der Waals surface area contributed by atoms with Crippen molar-refractivity contribution in [3.63, 3.8) is 0 Å². The number of likely N-dealkylation sites (tertiary alicyclic amines) is 1. The predicted molar refractivity (Wildman–Crippen MR) is 55.9 cm³/mol. The number of carbonyl (C=O) groups is 1. The molecule has 18 heavy (non-hydrogen) atoms. The van der Waals surface area contributed by atoms with E-state index in [0.29, 0.717) is 26.1 Å². The van der Waals surface area contributed by atoms with Crippen LogP contribution in [0.3, 0.4) is 0 Å². The van der Waals surface area contributed by atoms with Crippen LogP contribution in [0.1, 0.15) is 12.8 Å². The Balaban J connectivity index is 1.67. The lowest BCUT2D eigenvalue weighted by molar-refractivity contribution is -0.201. The smallest absolute Gasteiger partial charge is 0.381 e. The first-order chi connectivity index (χ1) is 8.46. The molecule has 1 amide bonds. The van der Waals surface area contributed by atoms with Crippen molar-refractivity contribution in [2.75, 3.05) is 32.9 Å². The molecule has 2 rings (SSSR count). The monoisotopic (exact) mass is 267 g/mol. The zero-order valence-electron chi connectivity index (χ0n) is 9.91. The third-order valence-electron chi connectivity index (χ3n) is 3.21. The zero-order chi connectivity index (χ0) is 13.2. The molecule has 104 valence electrons. The highest BCUT2D eigenvalue weighted by molar-refractivity contribution is 5.79. The number of hydrogen-bond acceptors (Lipinski definition) is 3. The van der Waals surface area contributed by atoms with Gasteiger partial charge in [-0.3, -0.25) is 4.79 Å². The Kier molecular flexibility index (Phi) is 4.11. The summed E-state index contributed by atoms with van der Waals surface area (Å²) in [5.74, 6) is -0.0209. The van der Waals surface area contributed by atoms with E-state index in [4.69, 9.17) is 4.74 Å². The summed E-state index contributed by atoms with van der Waals surface area (Å²) in [6, 6.07) is 0. The van der Waals surface area contributed by atoms with E-state index >= 15 is 0 Å². The Hall–Kier alpha value is -0.820. The molecule has 2 saturated heterocycles. The number of ether oxygens (including phenoxy) is 2. The van der Waals surface area contributed by atoms with E-state index < -0.39 is 18.9 Å². The molecule has 0 N–H and O–H groups in total. The van der Waals surface area contributed by atoms with Crippen LogP contribution in [0, 0.1) is 5.92 Å². The largest absolute Gasteiger partial charge is 0.411 e. The second kappa shape index (κ2) is 5.44. The highest BCUT2D eigenvalue weighted by Gasteiger charge is 2.38.